The second kappa shape index (κ2) is 6.11. The van der Waals surface area contributed by atoms with Gasteiger partial charge in [-0.05, 0) is 25.3 Å². The number of carboxylic acids is 1. The van der Waals surface area contributed by atoms with E-state index in [2.05, 4.69) is 11.8 Å². The van der Waals surface area contributed by atoms with Gasteiger partial charge in [0.15, 0.2) is 0 Å². The van der Waals surface area contributed by atoms with Crippen LogP contribution in [0.5, 0.6) is 0 Å². The van der Waals surface area contributed by atoms with Crippen LogP contribution in [0.1, 0.15) is 39.0 Å². The van der Waals surface area contributed by atoms with E-state index in [0.29, 0.717) is 6.54 Å². The zero-order chi connectivity index (χ0) is 11.3. The summed E-state index contributed by atoms with van der Waals surface area (Å²) in [6, 6.07) is 0. The van der Waals surface area contributed by atoms with Crippen LogP contribution in [-0.4, -0.2) is 36.1 Å². The molecule has 1 fully saturated rings. The molecular weight excluding hydrogens is 190 g/mol. The van der Waals surface area contributed by atoms with E-state index in [-0.39, 0.29) is 6.42 Å². The highest BCUT2D eigenvalue weighted by atomic mass is 16.4. The zero-order valence-electron chi connectivity index (χ0n) is 9.91. The van der Waals surface area contributed by atoms with Crippen LogP contribution in [0.2, 0.25) is 0 Å². The Labute approximate surface area is 92.5 Å². The third kappa shape index (κ3) is 4.65. The third-order valence-electron chi connectivity index (χ3n) is 3.54. The van der Waals surface area contributed by atoms with Gasteiger partial charge in [0, 0.05) is 13.1 Å². The fourth-order valence-corrected chi connectivity index (χ4v) is 2.44. The first-order valence-corrected chi connectivity index (χ1v) is 6.00. The van der Waals surface area contributed by atoms with E-state index < -0.39 is 5.97 Å². The average Bonchev–Trinajstić information content (AvgIpc) is 2.18. The average molecular weight is 213 g/mol. The fraction of sp³-hybridized carbons (Fsp3) is 0.917. The summed E-state index contributed by atoms with van der Waals surface area (Å²) in [4.78, 5) is 12.6. The Bertz CT molecular complexity index is 206. The summed E-state index contributed by atoms with van der Waals surface area (Å²) < 4.78 is 0. The molecule has 1 aliphatic carbocycles. The van der Waals surface area contributed by atoms with Crippen molar-refractivity contribution in [3.05, 3.63) is 0 Å². The van der Waals surface area contributed by atoms with Crippen molar-refractivity contribution in [2.24, 2.45) is 11.8 Å². The molecule has 0 aromatic carbocycles. The molecule has 0 aliphatic heterocycles. The maximum absolute atomic E-state index is 10.4. The van der Waals surface area contributed by atoms with Gasteiger partial charge in [0.2, 0.25) is 0 Å². The van der Waals surface area contributed by atoms with Gasteiger partial charge in [-0.1, -0.05) is 26.2 Å². The Morgan fingerprint density at radius 3 is 2.67 bits per heavy atom. The van der Waals surface area contributed by atoms with Crippen LogP contribution >= 0.6 is 0 Å². The number of aliphatic carboxylic acids is 1. The third-order valence-corrected chi connectivity index (χ3v) is 3.54. The summed E-state index contributed by atoms with van der Waals surface area (Å²) in [6.07, 6.45) is 5.64. The molecule has 1 N–H and O–H groups in total. The number of carbonyl (C=O) groups is 1. The van der Waals surface area contributed by atoms with Gasteiger partial charge in [0.05, 0.1) is 6.42 Å². The molecule has 0 bridgehead atoms. The lowest BCUT2D eigenvalue weighted by Gasteiger charge is -2.32. The van der Waals surface area contributed by atoms with Gasteiger partial charge in [-0.15, -0.1) is 0 Å². The number of hydrogen-bond acceptors (Lipinski definition) is 2. The molecule has 0 saturated heterocycles. The normalized spacial score (nSPS) is 26.9. The van der Waals surface area contributed by atoms with Crippen LogP contribution in [0, 0.1) is 11.8 Å². The smallest absolute Gasteiger partial charge is 0.304 e. The monoisotopic (exact) mass is 213 g/mol. The Morgan fingerprint density at radius 1 is 1.40 bits per heavy atom. The standard InChI is InChI=1S/C12H23NO2/c1-10-5-3-4-6-11(10)9-13(2)8-7-12(14)15/h10-11H,3-9H2,1-2H3,(H,14,15). The molecule has 1 aliphatic rings. The van der Waals surface area contributed by atoms with E-state index >= 15 is 0 Å². The predicted molar refractivity (Wildman–Crippen MR) is 60.9 cm³/mol. The van der Waals surface area contributed by atoms with Gasteiger partial charge in [-0.2, -0.15) is 0 Å². The van der Waals surface area contributed by atoms with Gasteiger partial charge in [0.25, 0.3) is 0 Å². The van der Waals surface area contributed by atoms with E-state index in [9.17, 15) is 4.79 Å². The van der Waals surface area contributed by atoms with Crippen molar-refractivity contribution in [1.29, 1.82) is 0 Å². The lowest BCUT2D eigenvalue weighted by molar-refractivity contribution is -0.137. The van der Waals surface area contributed by atoms with Gasteiger partial charge < -0.3 is 10.0 Å². The van der Waals surface area contributed by atoms with Crippen LogP contribution in [0.4, 0.5) is 0 Å². The van der Waals surface area contributed by atoms with Crippen molar-refractivity contribution in [1.82, 2.24) is 4.90 Å². The summed E-state index contributed by atoms with van der Waals surface area (Å²) in [5, 5.41) is 8.59. The Kier molecular flexibility index (Phi) is 5.09. The lowest BCUT2D eigenvalue weighted by atomic mass is 9.80. The van der Waals surface area contributed by atoms with Crippen LogP contribution < -0.4 is 0 Å². The van der Waals surface area contributed by atoms with Crippen molar-refractivity contribution in [2.75, 3.05) is 20.1 Å². The molecule has 0 spiro atoms. The molecule has 88 valence electrons. The molecule has 0 heterocycles. The highest BCUT2D eigenvalue weighted by Gasteiger charge is 2.22. The van der Waals surface area contributed by atoms with Gasteiger partial charge in [0.1, 0.15) is 0 Å². The van der Waals surface area contributed by atoms with Crippen molar-refractivity contribution in [3.8, 4) is 0 Å². The van der Waals surface area contributed by atoms with Crippen LogP contribution in [0.15, 0.2) is 0 Å². The lowest BCUT2D eigenvalue weighted by Crippen LogP contribution is -2.32. The molecule has 3 heteroatoms. The molecule has 3 nitrogen and oxygen atoms in total. The second-order valence-corrected chi connectivity index (χ2v) is 4.93. The first-order chi connectivity index (χ1) is 7.09. The van der Waals surface area contributed by atoms with Crippen LogP contribution in [-0.2, 0) is 4.79 Å². The molecule has 0 amide bonds. The summed E-state index contributed by atoms with van der Waals surface area (Å²) in [5.74, 6) is 0.891. The summed E-state index contributed by atoms with van der Waals surface area (Å²) in [5.41, 5.74) is 0. The minimum absolute atomic E-state index is 0.262. The molecule has 0 aromatic rings. The Hall–Kier alpha value is -0.570. The van der Waals surface area contributed by atoms with E-state index in [4.69, 9.17) is 5.11 Å². The number of hydrogen-bond donors (Lipinski definition) is 1. The van der Waals surface area contributed by atoms with Gasteiger partial charge in [-0.3, -0.25) is 4.79 Å². The highest BCUT2D eigenvalue weighted by molar-refractivity contribution is 5.66. The molecule has 2 atom stereocenters. The Balaban J connectivity index is 2.23. The molecule has 1 saturated carbocycles. The largest absolute Gasteiger partial charge is 0.481 e. The molecule has 1 rings (SSSR count). The predicted octanol–water partition coefficient (Wildman–Crippen LogP) is 2.22. The van der Waals surface area contributed by atoms with Crippen LogP contribution in [0.25, 0.3) is 0 Å². The van der Waals surface area contributed by atoms with Crippen molar-refractivity contribution < 1.29 is 9.90 Å². The van der Waals surface area contributed by atoms with Gasteiger partial charge >= 0.3 is 5.97 Å². The van der Waals surface area contributed by atoms with Crippen LogP contribution in [0.3, 0.4) is 0 Å². The maximum atomic E-state index is 10.4. The molecule has 2 unspecified atom stereocenters. The molecule has 0 radical (unpaired) electrons. The van der Waals surface area contributed by atoms with Crippen molar-refractivity contribution in [3.63, 3.8) is 0 Å². The minimum atomic E-state index is -0.696. The Morgan fingerprint density at radius 2 is 2.07 bits per heavy atom. The zero-order valence-corrected chi connectivity index (χ0v) is 9.91. The topological polar surface area (TPSA) is 40.5 Å². The number of rotatable bonds is 5. The first kappa shape index (κ1) is 12.5. The van der Waals surface area contributed by atoms with E-state index in [0.717, 1.165) is 18.4 Å². The number of nitrogens with zero attached hydrogens (tertiary/aromatic N) is 1. The highest BCUT2D eigenvalue weighted by Crippen LogP contribution is 2.29. The summed E-state index contributed by atoms with van der Waals surface area (Å²) in [6.45, 7) is 4.07. The van der Waals surface area contributed by atoms with Crippen molar-refractivity contribution in [2.45, 2.75) is 39.0 Å². The molecule has 15 heavy (non-hydrogen) atoms. The first-order valence-electron chi connectivity index (χ1n) is 6.00. The maximum Gasteiger partial charge on any atom is 0.304 e. The van der Waals surface area contributed by atoms with E-state index in [1.165, 1.54) is 25.7 Å². The summed E-state index contributed by atoms with van der Waals surface area (Å²) in [7, 11) is 2.03. The SMILES string of the molecule is CC1CCCCC1CN(C)CCC(=O)O. The fourth-order valence-electron chi connectivity index (χ4n) is 2.44. The van der Waals surface area contributed by atoms with Crippen molar-refractivity contribution >= 4 is 5.97 Å². The quantitative estimate of drug-likeness (QED) is 0.761. The second-order valence-electron chi connectivity index (χ2n) is 4.93. The van der Waals surface area contributed by atoms with Gasteiger partial charge in [-0.25, -0.2) is 0 Å². The van der Waals surface area contributed by atoms with E-state index in [1.807, 2.05) is 7.05 Å². The van der Waals surface area contributed by atoms with E-state index in [1.54, 1.807) is 0 Å². The molecular formula is C12H23NO2. The molecule has 0 aromatic heterocycles. The minimum Gasteiger partial charge on any atom is -0.481 e. The number of carboxylic acid groups (broad SMARTS) is 1. The summed E-state index contributed by atoms with van der Waals surface area (Å²) >= 11 is 0.